The van der Waals surface area contributed by atoms with Gasteiger partial charge in [0.2, 0.25) is 5.36 Å². The Morgan fingerprint density at radius 1 is 0.933 bits per heavy atom. The highest BCUT2D eigenvalue weighted by Crippen LogP contribution is 2.25. The Labute approximate surface area is 176 Å². The summed E-state index contributed by atoms with van der Waals surface area (Å²) in [4.78, 5) is 3.58. The van der Waals surface area contributed by atoms with Crippen LogP contribution in [0, 0.1) is 10.2 Å². The van der Waals surface area contributed by atoms with Gasteiger partial charge < -0.3 is 13.9 Å². The molecule has 0 amide bonds. The molecular weight excluding hydrogens is 414 g/mol. The average Bonchev–Trinajstić information content (AvgIpc) is 2.72. The van der Waals surface area contributed by atoms with Gasteiger partial charge in [-0.25, -0.2) is 23.6 Å². The van der Waals surface area contributed by atoms with E-state index in [0.717, 1.165) is 45.6 Å². The molecule has 1 aromatic heterocycles. The standard InChI is InChI=1S/C21H23NO3.ClHO4/c1-5-14(2)22-19-13-21(15-6-8-16(23-3)9-7-15)25-20-11-10-17(24-4)12-18(19)20;2-1(3,4)5/h6-14H,5H2,1-4H3;(H,2,3,4,5). The fraction of sp³-hybridized carbons (Fsp3) is 0.286. The Morgan fingerprint density at radius 3 is 2.03 bits per heavy atom. The molecule has 2 aromatic carbocycles. The van der Waals surface area contributed by atoms with Crippen LogP contribution >= 0.6 is 0 Å². The lowest BCUT2D eigenvalue weighted by Gasteiger charge is -2.17. The third-order valence-electron chi connectivity index (χ3n) is 4.36. The van der Waals surface area contributed by atoms with Gasteiger partial charge in [0.05, 0.1) is 25.7 Å². The lowest BCUT2D eigenvalue weighted by molar-refractivity contribution is -2.00. The van der Waals surface area contributed by atoms with Gasteiger partial charge in [-0.3, -0.25) is 0 Å². The lowest BCUT2D eigenvalue weighted by atomic mass is 10.1. The number of fused-ring (bicyclic) bond motifs is 1. The van der Waals surface area contributed by atoms with Gasteiger partial charge >= 0.3 is 0 Å². The Bertz CT molecular complexity index is 1020. The highest BCUT2D eigenvalue weighted by molar-refractivity contribution is 5.79. The first-order valence-corrected chi connectivity index (χ1v) is 10.4. The van der Waals surface area contributed by atoms with Gasteiger partial charge in [0.25, 0.3) is 0 Å². The summed E-state index contributed by atoms with van der Waals surface area (Å²) < 4.78 is 50.7. The van der Waals surface area contributed by atoms with E-state index >= 15 is 0 Å². The van der Waals surface area contributed by atoms with Crippen LogP contribution in [-0.4, -0.2) is 20.3 Å². The van der Waals surface area contributed by atoms with Crippen molar-refractivity contribution in [2.24, 2.45) is 0 Å². The van der Waals surface area contributed by atoms with Crippen molar-refractivity contribution in [3.8, 4) is 22.8 Å². The van der Waals surface area contributed by atoms with Crippen molar-refractivity contribution in [3.63, 3.8) is 0 Å². The first-order chi connectivity index (χ1) is 14.1. The molecule has 30 heavy (non-hydrogen) atoms. The van der Waals surface area contributed by atoms with Gasteiger partial charge in [0.15, 0.2) is 0 Å². The Hall–Kier alpha value is -2.62. The molecule has 8 nitrogen and oxygen atoms in total. The van der Waals surface area contributed by atoms with Crippen LogP contribution in [0.1, 0.15) is 20.3 Å². The number of hydrogen-bond acceptors (Lipinski definition) is 7. The van der Waals surface area contributed by atoms with Gasteiger partial charge in [-0.2, -0.15) is 0 Å². The van der Waals surface area contributed by atoms with Crippen molar-refractivity contribution in [1.29, 1.82) is 0 Å². The maximum Gasteiger partial charge on any atom is 0.213 e. The van der Waals surface area contributed by atoms with Crippen molar-refractivity contribution >= 4 is 11.0 Å². The van der Waals surface area contributed by atoms with Crippen molar-refractivity contribution < 1.29 is 47.8 Å². The van der Waals surface area contributed by atoms with Crippen LogP contribution < -0.4 is 38.5 Å². The molecule has 1 unspecified atom stereocenters. The maximum absolute atomic E-state index is 8.49. The van der Waals surface area contributed by atoms with Crippen LogP contribution in [0.2, 0.25) is 0 Å². The molecule has 1 N–H and O–H groups in total. The van der Waals surface area contributed by atoms with E-state index in [4.69, 9.17) is 32.5 Å². The molecule has 0 bridgehead atoms. The molecule has 0 spiro atoms. The van der Waals surface area contributed by atoms with E-state index in [1.807, 2.05) is 42.5 Å². The average molecular weight is 438 g/mol. The summed E-state index contributed by atoms with van der Waals surface area (Å²) in [6.07, 6.45) is 1.04. The van der Waals surface area contributed by atoms with Gasteiger partial charge in [0.1, 0.15) is 28.9 Å². The number of halogens is 1. The van der Waals surface area contributed by atoms with Crippen LogP contribution in [0.4, 0.5) is 0 Å². The van der Waals surface area contributed by atoms with Crippen molar-refractivity contribution in [1.82, 2.24) is 0 Å². The highest BCUT2D eigenvalue weighted by Gasteiger charge is 2.12. The van der Waals surface area contributed by atoms with E-state index in [1.54, 1.807) is 14.2 Å². The summed E-state index contributed by atoms with van der Waals surface area (Å²) in [6, 6.07) is 16.1. The quantitative estimate of drug-likeness (QED) is 0.494. The first kappa shape index (κ1) is 23.7. The SMILES string of the molecule is CCC(C)[NH+]=c1cc(-c2ccc(OC)cc2)oc2ccc(OC)cc12.[O-][Cl+3]([O-])([O-])[O-]. The summed E-state index contributed by atoms with van der Waals surface area (Å²) in [5.41, 5.74) is 1.82. The topological polar surface area (TPSA) is 138 Å². The molecule has 0 aliphatic heterocycles. The number of rotatable bonds is 5. The third-order valence-corrected chi connectivity index (χ3v) is 4.36. The molecule has 0 fully saturated rings. The minimum absolute atomic E-state index is 0.362. The van der Waals surface area contributed by atoms with Crippen LogP contribution in [0.3, 0.4) is 0 Å². The summed E-state index contributed by atoms with van der Waals surface area (Å²) >= 11 is 0. The number of hydrogen-bond donors (Lipinski definition) is 1. The second kappa shape index (κ2) is 10.4. The molecule has 1 atom stereocenters. The molecule has 0 aliphatic rings. The van der Waals surface area contributed by atoms with E-state index in [2.05, 4.69) is 24.9 Å². The lowest BCUT2D eigenvalue weighted by Crippen LogP contribution is -2.81. The number of benzene rings is 2. The van der Waals surface area contributed by atoms with Crippen molar-refractivity contribution in [3.05, 3.63) is 53.9 Å². The Kier molecular flexibility index (Phi) is 8.22. The van der Waals surface area contributed by atoms with Gasteiger partial charge in [-0.05, 0) is 49.4 Å². The van der Waals surface area contributed by atoms with Crippen molar-refractivity contribution in [2.75, 3.05) is 14.2 Å². The van der Waals surface area contributed by atoms with Crippen LogP contribution in [0.15, 0.2) is 52.9 Å². The Morgan fingerprint density at radius 2 is 1.50 bits per heavy atom. The van der Waals surface area contributed by atoms with Gasteiger partial charge in [-0.15, -0.1) is 10.2 Å². The molecule has 0 radical (unpaired) electrons. The zero-order chi connectivity index (χ0) is 22.3. The molecule has 0 saturated heterocycles. The predicted octanol–water partition coefficient (Wildman–Crippen LogP) is -1.86. The van der Waals surface area contributed by atoms with Crippen LogP contribution in [-0.2, 0) is 0 Å². The van der Waals surface area contributed by atoms with Crippen LogP contribution in [0.25, 0.3) is 22.3 Å². The van der Waals surface area contributed by atoms with E-state index in [9.17, 15) is 0 Å². The maximum atomic E-state index is 8.49. The molecule has 0 aliphatic carbocycles. The largest absolute Gasteiger partial charge is 0.497 e. The smallest absolute Gasteiger partial charge is 0.213 e. The summed E-state index contributed by atoms with van der Waals surface area (Å²) in [6.45, 7) is 4.33. The normalized spacial score (nSPS) is 12.9. The first-order valence-electron chi connectivity index (χ1n) is 9.12. The number of nitrogens with one attached hydrogen (secondary N) is 1. The van der Waals surface area contributed by atoms with E-state index in [0.29, 0.717) is 6.04 Å². The van der Waals surface area contributed by atoms with Crippen molar-refractivity contribution in [2.45, 2.75) is 26.3 Å². The second-order valence-corrected chi connectivity index (χ2v) is 7.20. The molecule has 3 rings (SSSR count). The molecule has 3 aromatic rings. The minimum atomic E-state index is -4.94. The zero-order valence-corrected chi connectivity index (χ0v) is 17.9. The molecular formula is C21H24ClNO7. The minimum Gasteiger partial charge on any atom is -0.497 e. The highest BCUT2D eigenvalue weighted by atomic mass is 35.7. The van der Waals surface area contributed by atoms with E-state index < -0.39 is 10.2 Å². The third kappa shape index (κ3) is 7.01. The zero-order valence-electron chi connectivity index (χ0n) is 17.1. The molecule has 1 heterocycles. The summed E-state index contributed by atoms with van der Waals surface area (Å²) in [5, 5.41) is 2.05. The predicted molar refractivity (Wildman–Crippen MR) is 98.6 cm³/mol. The summed E-state index contributed by atoms with van der Waals surface area (Å²) in [7, 11) is -1.61. The van der Waals surface area contributed by atoms with E-state index in [-0.39, 0.29) is 0 Å². The summed E-state index contributed by atoms with van der Waals surface area (Å²) in [5.74, 6) is 2.45. The van der Waals surface area contributed by atoms with Crippen LogP contribution in [0.5, 0.6) is 11.5 Å². The molecule has 0 saturated carbocycles. The number of ether oxygens (including phenoxy) is 2. The van der Waals surface area contributed by atoms with Gasteiger partial charge in [0, 0.05) is 12.0 Å². The molecule has 9 heteroatoms. The fourth-order valence-electron chi connectivity index (χ4n) is 2.68. The Balaban J connectivity index is 0.000000575. The molecule has 162 valence electrons. The number of methoxy groups -OCH3 is 2. The monoisotopic (exact) mass is 437 g/mol. The second-order valence-electron chi connectivity index (χ2n) is 6.45. The van der Waals surface area contributed by atoms with E-state index in [1.165, 1.54) is 0 Å². The van der Waals surface area contributed by atoms with Gasteiger partial charge in [-0.1, -0.05) is 6.92 Å². The fourth-order valence-corrected chi connectivity index (χ4v) is 2.68.